The van der Waals surface area contributed by atoms with E-state index in [1.54, 1.807) is 7.11 Å². The summed E-state index contributed by atoms with van der Waals surface area (Å²) in [5.41, 5.74) is 1.30. The fourth-order valence-electron chi connectivity index (χ4n) is 3.51. The second-order valence-corrected chi connectivity index (χ2v) is 6.84. The molecule has 2 aromatic heterocycles. The zero-order valence-electron chi connectivity index (χ0n) is 15.1. The van der Waals surface area contributed by atoms with Gasteiger partial charge in [-0.1, -0.05) is 0 Å². The molecule has 1 saturated heterocycles. The lowest BCUT2D eigenvalue weighted by Gasteiger charge is -2.34. The number of imidazole rings is 1. The fourth-order valence-corrected chi connectivity index (χ4v) is 3.51. The summed E-state index contributed by atoms with van der Waals surface area (Å²) in [4.78, 5) is 16.8. The number of aromatic amines is 1. The molecule has 6 nitrogen and oxygen atoms in total. The van der Waals surface area contributed by atoms with Crippen LogP contribution < -0.4 is 0 Å². The number of aromatic nitrogens is 3. The highest BCUT2D eigenvalue weighted by Crippen LogP contribution is 2.20. The molecular formula is C19H29N5O. The van der Waals surface area contributed by atoms with Crippen LogP contribution in [0.3, 0.4) is 0 Å². The maximum absolute atomic E-state index is 5.20. The molecule has 6 heteroatoms. The molecule has 136 valence electrons. The van der Waals surface area contributed by atoms with Crippen molar-refractivity contribution < 1.29 is 4.74 Å². The number of piperidine rings is 1. The Morgan fingerprint density at radius 3 is 2.68 bits per heavy atom. The number of pyridine rings is 1. The van der Waals surface area contributed by atoms with Gasteiger partial charge in [-0.05, 0) is 49.5 Å². The number of nitrogens with one attached hydrogen (secondary N) is 1. The molecule has 2 aromatic rings. The minimum Gasteiger partial charge on any atom is -0.383 e. The third kappa shape index (κ3) is 5.92. The third-order valence-corrected chi connectivity index (χ3v) is 4.92. The quantitative estimate of drug-likeness (QED) is 0.756. The molecular weight excluding hydrogens is 314 g/mol. The van der Waals surface area contributed by atoms with Crippen LogP contribution >= 0.6 is 0 Å². The number of rotatable bonds is 9. The van der Waals surface area contributed by atoms with E-state index in [0.717, 1.165) is 44.5 Å². The Hall–Kier alpha value is -1.76. The van der Waals surface area contributed by atoms with Gasteiger partial charge in [0.2, 0.25) is 0 Å². The summed E-state index contributed by atoms with van der Waals surface area (Å²) in [6.45, 7) is 7.15. The number of hydrogen-bond donors (Lipinski definition) is 1. The highest BCUT2D eigenvalue weighted by molar-refractivity contribution is 5.09. The first-order chi connectivity index (χ1) is 12.3. The van der Waals surface area contributed by atoms with Crippen LogP contribution in [0.5, 0.6) is 0 Å². The Labute approximate surface area is 150 Å². The number of methoxy groups -OCH3 is 1. The van der Waals surface area contributed by atoms with E-state index in [9.17, 15) is 0 Å². The second kappa shape index (κ2) is 9.65. The van der Waals surface area contributed by atoms with Crippen LogP contribution in [0.25, 0.3) is 0 Å². The van der Waals surface area contributed by atoms with Crippen molar-refractivity contribution >= 4 is 0 Å². The smallest absolute Gasteiger partial charge is 0.120 e. The lowest BCUT2D eigenvalue weighted by Crippen LogP contribution is -2.39. The zero-order chi connectivity index (χ0) is 17.3. The molecule has 3 heterocycles. The van der Waals surface area contributed by atoms with Crippen LogP contribution in [-0.4, -0.2) is 64.6 Å². The van der Waals surface area contributed by atoms with E-state index in [-0.39, 0.29) is 0 Å². The van der Waals surface area contributed by atoms with Crippen LogP contribution in [0.1, 0.15) is 24.2 Å². The van der Waals surface area contributed by atoms with Crippen LogP contribution in [0.15, 0.2) is 36.9 Å². The number of ether oxygens (including phenoxy) is 1. The Bertz CT molecular complexity index is 581. The third-order valence-electron chi connectivity index (χ3n) is 4.92. The molecule has 0 saturated carbocycles. The molecule has 1 fully saturated rings. The van der Waals surface area contributed by atoms with E-state index in [4.69, 9.17) is 4.74 Å². The molecule has 25 heavy (non-hydrogen) atoms. The summed E-state index contributed by atoms with van der Waals surface area (Å²) in [7, 11) is 1.78. The lowest BCUT2D eigenvalue weighted by molar-refractivity contribution is 0.103. The normalized spacial score (nSPS) is 16.6. The van der Waals surface area contributed by atoms with Gasteiger partial charge in [0.05, 0.1) is 13.2 Å². The molecule has 0 radical (unpaired) electrons. The van der Waals surface area contributed by atoms with Gasteiger partial charge in [0.25, 0.3) is 0 Å². The Kier molecular flexibility index (Phi) is 6.97. The minimum absolute atomic E-state index is 0.746. The van der Waals surface area contributed by atoms with E-state index in [1.807, 2.05) is 24.8 Å². The van der Waals surface area contributed by atoms with Crippen LogP contribution in [0.4, 0.5) is 0 Å². The van der Waals surface area contributed by atoms with Crippen LogP contribution in [-0.2, 0) is 17.8 Å². The first-order valence-corrected chi connectivity index (χ1v) is 9.14. The maximum atomic E-state index is 5.20. The second-order valence-electron chi connectivity index (χ2n) is 6.84. The van der Waals surface area contributed by atoms with Gasteiger partial charge in [0.15, 0.2) is 0 Å². The van der Waals surface area contributed by atoms with Crippen LogP contribution in [0.2, 0.25) is 0 Å². The van der Waals surface area contributed by atoms with E-state index in [0.29, 0.717) is 0 Å². The molecule has 1 N–H and O–H groups in total. The fraction of sp³-hybridized carbons (Fsp3) is 0.579. The van der Waals surface area contributed by atoms with Gasteiger partial charge < -0.3 is 14.6 Å². The number of likely N-dealkylation sites (tertiary alicyclic amines) is 1. The molecule has 0 aromatic carbocycles. The molecule has 0 aliphatic carbocycles. The van der Waals surface area contributed by atoms with E-state index >= 15 is 0 Å². The lowest BCUT2D eigenvalue weighted by atomic mass is 9.96. The van der Waals surface area contributed by atoms with Gasteiger partial charge in [-0.15, -0.1) is 0 Å². The molecule has 0 unspecified atom stereocenters. The summed E-state index contributed by atoms with van der Waals surface area (Å²) < 4.78 is 5.20. The van der Waals surface area contributed by atoms with Crippen molar-refractivity contribution in [3.05, 3.63) is 48.3 Å². The molecule has 0 atom stereocenters. The summed E-state index contributed by atoms with van der Waals surface area (Å²) in [6, 6.07) is 4.20. The Balaban J connectivity index is 1.54. The van der Waals surface area contributed by atoms with Crippen molar-refractivity contribution in [3.8, 4) is 0 Å². The summed E-state index contributed by atoms with van der Waals surface area (Å²) in [5, 5.41) is 0. The van der Waals surface area contributed by atoms with Crippen molar-refractivity contribution in [1.29, 1.82) is 0 Å². The molecule has 1 aliphatic heterocycles. The largest absolute Gasteiger partial charge is 0.383 e. The molecule has 3 rings (SSSR count). The van der Waals surface area contributed by atoms with Gasteiger partial charge in [-0.25, -0.2) is 4.98 Å². The summed E-state index contributed by atoms with van der Waals surface area (Å²) in [6.07, 6.45) is 9.98. The van der Waals surface area contributed by atoms with Crippen LogP contribution in [0, 0.1) is 5.92 Å². The minimum atomic E-state index is 0.746. The number of hydrogen-bond acceptors (Lipinski definition) is 5. The summed E-state index contributed by atoms with van der Waals surface area (Å²) >= 11 is 0. The first kappa shape index (κ1) is 18.0. The van der Waals surface area contributed by atoms with E-state index in [1.165, 1.54) is 31.5 Å². The maximum Gasteiger partial charge on any atom is 0.120 e. The predicted molar refractivity (Wildman–Crippen MR) is 98.0 cm³/mol. The number of H-pyrrole nitrogens is 1. The van der Waals surface area contributed by atoms with Crippen molar-refractivity contribution in [2.24, 2.45) is 5.92 Å². The van der Waals surface area contributed by atoms with Crippen molar-refractivity contribution in [1.82, 2.24) is 24.8 Å². The van der Waals surface area contributed by atoms with Gasteiger partial charge >= 0.3 is 0 Å². The van der Waals surface area contributed by atoms with Crippen molar-refractivity contribution in [3.63, 3.8) is 0 Å². The number of nitrogens with zero attached hydrogens (tertiary/aromatic N) is 4. The van der Waals surface area contributed by atoms with E-state index < -0.39 is 0 Å². The molecule has 0 amide bonds. The van der Waals surface area contributed by atoms with Gasteiger partial charge in [0.1, 0.15) is 5.82 Å². The molecule has 1 aliphatic rings. The average molecular weight is 343 g/mol. The highest BCUT2D eigenvalue weighted by Gasteiger charge is 2.21. The molecule has 0 bridgehead atoms. The zero-order valence-corrected chi connectivity index (χ0v) is 15.1. The Morgan fingerprint density at radius 1 is 1.20 bits per heavy atom. The highest BCUT2D eigenvalue weighted by atomic mass is 16.5. The van der Waals surface area contributed by atoms with Crippen molar-refractivity contribution in [2.45, 2.75) is 25.9 Å². The molecule has 0 spiro atoms. The SMILES string of the molecule is COCCN1CCC(CN(Cc2ccncc2)Cc2ncc[nH]2)CC1. The monoisotopic (exact) mass is 343 g/mol. The summed E-state index contributed by atoms with van der Waals surface area (Å²) in [5.74, 6) is 1.78. The first-order valence-electron chi connectivity index (χ1n) is 9.14. The van der Waals surface area contributed by atoms with E-state index in [2.05, 4.69) is 36.9 Å². The Morgan fingerprint density at radius 2 is 2.00 bits per heavy atom. The van der Waals surface area contributed by atoms with Gasteiger partial charge in [-0.3, -0.25) is 9.88 Å². The average Bonchev–Trinajstić information content (AvgIpc) is 3.15. The van der Waals surface area contributed by atoms with Crippen molar-refractivity contribution in [2.75, 3.05) is 39.9 Å². The standard InChI is InChI=1S/C19H29N5O/c1-25-13-12-23-10-4-18(5-11-23)15-24(16-19-21-8-9-22-19)14-17-2-6-20-7-3-17/h2-3,6-9,18H,4-5,10-16H2,1H3,(H,21,22). The van der Waals surface area contributed by atoms with Gasteiger partial charge in [0, 0.05) is 51.5 Å². The topological polar surface area (TPSA) is 57.3 Å². The van der Waals surface area contributed by atoms with Gasteiger partial charge in [-0.2, -0.15) is 0 Å². The predicted octanol–water partition coefficient (Wildman–Crippen LogP) is 2.17.